The molecule has 0 unspecified atom stereocenters. The highest BCUT2D eigenvalue weighted by Gasteiger charge is 2.21. The van der Waals surface area contributed by atoms with Crippen LogP contribution in [0.15, 0.2) is 36.4 Å². The summed E-state index contributed by atoms with van der Waals surface area (Å²) in [6.07, 6.45) is 0. The molecular weight excluding hydrogens is 256 g/mol. The fourth-order valence-corrected chi connectivity index (χ4v) is 2.47. The summed E-state index contributed by atoms with van der Waals surface area (Å²) in [6.45, 7) is 8.32. The van der Waals surface area contributed by atoms with E-state index in [1.165, 1.54) is 0 Å². The van der Waals surface area contributed by atoms with Gasteiger partial charge in [0.15, 0.2) is 0 Å². The van der Waals surface area contributed by atoms with Crippen LogP contribution in [0, 0.1) is 6.92 Å². The largest absolute Gasteiger partial charge is 0.507 e. The number of benzene rings is 2. The second-order valence-electron chi connectivity index (χ2n) is 5.94. The van der Waals surface area contributed by atoms with Gasteiger partial charge in [0.25, 0.3) is 0 Å². The molecule has 1 N–H and O–H groups in total. The molecule has 0 aliphatic carbocycles. The molecule has 0 aromatic heterocycles. The summed E-state index contributed by atoms with van der Waals surface area (Å²) in [4.78, 5) is 0. The maximum atomic E-state index is 10.6. The predicted octanol–water partition coefficient (Wildman–Crippen LogP) is 5.32. The fraction of sp³-hybridized carbons (Fsp3) is 0.294. The van der Waals surface area contributed by atoms with Gasteiger partial charge in [-0.2, -0.15) is 0 Å². The van der Waals surface area contributed by atoms with Crippen LogP contribution in [0.2, 0.25) is 5.02 Å². The third kappa shape index (κ3) is 2.76. The minimum Gasteiger partial charge on any atom is -0.507 e. The van der Waals surface area contributed by atoms with E-state index in [1.807, 2.05) is 43.3 Å². The molecule has 2 heteroatoms. The Morgan fingerprint density at radius 2 is 1.63 bits per heavy atom. The Labute approximate surface area is 119 Å². The van der Waals surface area contributed by atoms with Crippen LogP contribution in [0.5, 0.6) is 5.75 Å². The summed E-state index contributed by atoms with van der Waals surface area (Å²) < 4.78 is 0. The van der Waals surface area contributed by atoms with Gasteiger partial charge in [0.1, 0.15) is 5.75 Å². The maximum Gasteiger partial charge on any atom is 0.127 e. The van der Waals surface area contributed by atoms with Gasteiger partial charge < -0.3 is 5.11 Å². The first kappa shape index (κ1) is 14.0. The van der Waals surface area contributed by atoms with Crippen LogP contribution >= 0.6 is 11.6 Å². The Kier molecular flexibility index (Phi) is 3.60. The van der Waals surface area contributed by atoms with E-state index in [1.54, 1.807) is 0 Å². The van der Waals surface area contributed by atoms with Crippen molar-refractivity contribution >= 4 is 11.6 Å². The van der Waals surface area contributed by atoms with Crippen LogP contribution in [-0.2, 0) is 5.41 Å². The van der Waals surface area contributed by atoms with Crippen LogP contribution in [-0.4, -0.2) is 5.11 Å². The predicted molar refractivity (Wildman–Crippen MR) is 82.0 cm³/mol. The van der Waals surface area contributed by atoms with Gasteiger partial charge in [0, 0.05) is 21.7 Å². The van der Waals surface area contributed by atoms with E-state index in [-0.39, 0.29) is 5.41 Å². The summed E-state index contributed by atoms with van der Waals surface area (Å²) in [6, 6.07) is 11.6. The third-order valence-electron chi connectivity index (χ3n) is 3.23. The fourth-order valence-electron chi connectivity index (χ4n) is 2.24. The second-order valence-corrected chi connectivity index (χ2v) is 6.35. The molecule has 2 rings (SSSR count). The molecule has 2 aromatic carbocycles. The van der Waals surface area contributed by atoms with E-state index in [4.69, 9.17) is 11.6 Å². The van der Waals surface area contributed by atoms with Crippen molar-refractivity contribution < 1.29 is 5.11 Å². The lowest BCUT2D eigenvalue weighted by Gasteiger charge is -2.23. The lowest BCUT2D eigenvalue weighted by Crippen LogP contribution is -2.12. The minimum atomic E-state index is -0.105. The lowest BCUT2D eigenvalue weighted by molar-refractivity contribution is 0.448. The highest BCUT2D eigenvalue weighted by atomic mass is 35.5. The number of rotatable bonds is 1. The Morgan fingerprint density at radius 3 is 2.21 bits per heavy atom. The van der Waals surface area contributed by atoms with E-state index in [0.717, 1.165) is 22.3 Å². The van der Waals surface area contributed by atoms with E-state index in [9.17, 15) is 5.11 Å². The molecule has 0 spiro atoms. The van der Waals surface area contributed by atoms with Crippen molar-refractivity contribution in [3.8, 4) is 16.9 Å². The van der Waals surface area contributed by atoms with Gasteiger partial charge in [0.05, 0.1) is 0 Å². The zero-order valence-electron chi connectivity index (χ0n) is 11.8. The summed E-state index contributed by atoms with van der Waals surface area (Å²) in [5.41, 5.74) is 3.64. The number of aromatic hydroxyl groups is 1. The molecule has 0 saturated carbocycles. The van der Waals surface area contributed by atoms with Crippen molar-refractivity contribution in [2.75, 3.05) is 0 Å². The van der Waals surface area contributed by atoms with Gasteiger partial charge in [-0.3, -0.25) is 0 Å². The van der Waals surface area contributed by atoms with Gasteiger partial charge in [0.2, 0.25) is 0 Å². The Hall–Kier alpha value is -1.47. The van der Waals surface area contributed by atoms with Gasteiger partial charge in [-0.1, -0.05) is 56.6 Å². The van der Waals surface area contributed by atoms with Crippen molar-refractivity contribution in [1.82, 2.24) is 0 Å². The highest BCUT2D eigenvalue weighted by molar-refractivity contribution is 6.33. The van der Waals surface area contributed by atoms with Crippen LogP contribution in [0.25, 0.3) is 11.1 Å². The molecule has 0 aliphatic rings. The Bertz CT molecular complexity index is 609. The van der Waals surface area contributed by atoms with Crippen molar-refractivity contribution in [3.63, 3.8) is 0 Å². The number of aryl methyl sites for hydroxylation is 1. The van der Waals surface area contributed by atoms with Crippen LogP contribution in [0.4, 0.5) is 0 Å². The van der Waals surface area contributed by atoms with Crippen LogP contribution in [0.3, 0.4) is 0 Å². The molecule has 0 saturated heterocycles. The molecule has 0 bridgehead atoms. The first-order valence-corrected chi connectivity index (χ1v) is 6.77. The monoisotopic (exact) mass is 274 g/mol. The summed E-state index contributed by atoms with van der Waals surface area (Å²) in [5.74, 6) is 0.325. The molecule has 19 heavy (non-hydrogen) atoms. The topological polar surface area (TPSA) is 20.2 Å². The Morgan fingerprint density at radius 1 is 1.00 bits per heavy atom. The number of hydrogen-bond acceptors (Lipinski definition) is 1. The smallest absolute Gasteiger partial charge is 0.127 e. The third-order valence-corrected chi connectivity index (χ3v) is 3.56. The quantitative estimate of drug-likeness (QED) is 0.746. The molecule has 2 aromatic rings. The van der Waals surface area contributed by atoms with Crippen LogP contribution < -0.4 is 0 Å². The molecular formula is C17H19ClO. The van der Waals surface area contributed by atoms with E-state index in [0.29, 0.717) is 10.8 Å². The molecule has 0 radical (unpaired) electrons. The van der Waals surface area contributed by atoms with Gasteiger partial charge in [-0.05, 0) is 30.0 Å². The lowest BCUT2D eigenvalue weighted by atomic mass is 9.83. The van der Waals surface area contributed by atoms with Crippen molar-refractivity contribution in [2.45, 2.75) is 33.1 Å². The molecule has 1 nitrogen and oxygen atoms in total. The standard InChI is InChI=1S/C17H19ClO/c1-11-9-13(12-7-5-6-8-15(12)18)16(19)14(10-11)17(2,3)4/h5-10,19H,1-4H3. The van der Waals surface area contributed by atoms with Crippen molar-refractivity contribution in [1.29, 1.82) is 0 Å². The maximum absolute atomic E-state index is 10.6. The number of phenols is 1. The Balaban J connectivity index is 2.72. The zero-order chi connectivity index (χ0) is 14.2. The first-order chi connectivity index (χ1) is 8.80. The average Bonchev–Trinajstić information content (AvgIpc) is 2.31. The van der Waals surface area contributed by atoms with Gasteiger partial charge >= 0.3 is 0 Å². The van der Waals surface area contributed by atoms with Gasteiger partial charge in [-0.15, -0.1) is 0 Å². The number of hydrogen-bond donors (Lipinski definition) is 1. The van der Waals surface area contributed by atoms with Gasteiger partial charge in [-0.25, -0.2) is 0 Å². The number of phenolic OH excluding ortho intramolecular Hbond substituents is 1. The summed E-state index contributed by atoms with van der Waals surface area (Å²) in [7, 11) is 0. The van der Waals surface area contributed by atoms with Crippen molar-refractivity contribution in [3.05, 3.63) is 52.5 Å². The SMILES string of the molecule is Cc1cc(-c2ccccc2Cl)c(O)c(C(C)(C)C)c1. The molecule has 0 amide bonds. The van der Waals surface area contributed by atoms with E-state index < -0.39 is 0 Å². The number of halogens is 1. The normalized spacial score (nSPS) is 11.6. The average molecular weight is 275 g/mol. The molecule has 0 heterocycles. The van der Waals surface area contributed by atoms with Crippen LogP contribution in [0.1, 0.15) is 31.9 Å². The molecule has 0 fully saturated rings. The second kappa shape index (κ2) is 4.90. The summed E-state index contributed by atoms with van der Waals surface area (Å²) >= 11 is 6.24. The van der Waals surface area contributed by atoms with E-state index in [2.05, 4.69) is 20.8 Å². The minimum absolute atomic E-state index is 0.105. The molecule has 100 valence electrons. The van der Waals surface area contributed by atoms with Crippen molar-refractivity contribution in [2.24, 2.45) is 0 Å². The summed E-state index contributed by atoms with van der Waals surface area (Å²) in [5, 5.41) is 11.2. The zero-order valence-corrected chi connectivity index (χ0v) is 12.5. The molecule has 0 aliphatic heterocycles. The van der Waals surface area contributed by atoms with E-state index >= 15 is 0 Å². The first-order valence-electron chi connectivity index (χ1n) is 6.39. The highest BCUT2D eigenvalue weighted by Crippen LogP contribution is 2.41. The molecule has 0 atom stereocenters.